The first kappa shape index (κ1) is 13.3. The number of hydrogen-bond acceptors (Lipinski definition) is 4. The maximum Gasteiger partial charge on any atom is 0.285 e. The highest BCUT2D eigenvalue weighted by Gasteiger charge is 2.25. The highest BCUT2D eigenvalue weighted by atomic mass is 32.2. The van der Waals surface area contributed by atoms with Gasteiger partial charge in [-0.05, 0) is 30.5 Å². The van der Waals surface area contributed by atoms with Crippen molar-refractivity contribution in [3.8, 4) is 0 Å². The minimum Gasteiger partial charge on any atom is -0.326 e. The molecule has 0 bridgehead atoms. The van der Waals surface area contributed by atoms with Gasteiger partial charge in [0, 0.05) is 19.1 Å². The number of fused-ring (bicyclic) bond motifs is 1. The normalized spacial score (nSPS) is 19.7. The quantitative estimate of drug-likeness (QED) is 0.836. The third-order valence-corrected chi connectivity index (χ3v) is 4.66. The van der Waals surface area contributed by atoms with E-state index >= 15 is 0 Å². The lowest BCUT2D eigenvalue weighted by Gasteiger charge is -2.25. The van der Waals surface area contributed by atoms with Crippen LogP contribution in [0.1, 0.15) is 12.8 Å². The summed E-state index contributed by atoms with van der Waals surface area (Å²) in [6.07, 6.45) is 3.85. The van der Waals surface area contributed by atoms with E-state index in [4.69, 9.17) is 0 Å². The number of sulfonamides is 1. The van der Waals surface area contributed by atoms with Gasteiger partial charge in [-0.2, -0.15) is 8.42 Å². The average molecular weight is 291 g/mol. The van der Waals surface area contributed by atoms with Crippen molar-refractivity contribution in [2.45, 2.75) is 23.8 Å². The van der Waals surface area contributed by atoms with Gasteiger partial charge in [-0.3, -0.25) is 0 Å². The lowest BCUT2D eigenvalue weighted by Crippen LogP contribution is -2.32. The molecule has 1 fully saturated rings. The van der Waals surface area contributed by atoms with Crippen LogP contribution >= 0.6 is 0 Å². The Kier molecular flexibility index (Phi) is 3.35. The summed E-state index contributed by atoms with van der Waals surface area (Å²) >= 11 is 0. The molecule has 2 aliphatic rings. The Morgan fingerprint density at radius 3 is 2.90 bits per heavy atom. The molecule has 3 rings (SSSR count). The summed E-state index contributed by atoms with van der Waals surface area (Å²) in [7, 11) is -3.54. The smallest absolute Gasteiger partial charge is 0.285 e. The Balaban J connectivity index is 1.75. The van der Waals surface area contributed by atoms with Crippen LogP contribution in [-0.4, -0.2) is 33.9 Å². The summed E-state index contributed by atoms with van der Waals surface area (Å²) in [6.45, 7) is 5.36. The van der Waals surface area contributed by atoms with Gasteiger partial charge in [0.05, 0.1) is 5.69 Å². The summed E-state index contributed by atoms with van der Waals surface area (Å²) in [6, 6.07) is 7.54. The molecule has 1 aliphatic heterocycles. The molecule has 0 spiro atoms. The van der Waals surface area contributed by atoms with Gasteiger partial charge in [0.25, 0.3) is 10.0 Å². The van der Waals surface area contributed by atoms with E-state index in [1.165, 1.54) is 19.2 Å². The molecule has 0 radical (unpaired) electrons. The van der Waals surface area contributed by atoms with Crippen molar-refractivity contribution < 1.29 is 8.42 Å². The zero-order chi connectivity index (χ0) is 14.2. The fourth-order valence-electron chi connectivity index (χ4n) is 2.15. The Morgan fingerprint density at radius 1 is 1.40 bits per heavy atom. The van der Waals surface area contributed by atoms with E-state index in [-0.39, 0.29) is 4.90 Å². The van der Waals surface area contributed by atoms with Gasteiger partial charge in [-0.25, -0.2) is 0 Å². The second-order valence-electron chi connectivity index (χ2n) is 5.20. The fourth-order valence-corrected chi connectivity index (χ4v) is 3.20. The molecule has 0 aromatic heterocycles. The molecule has 20 heavy (non-hydrogen) atoms. The Bertz CT molecular complexity index is 663. The van der Waals surface area contributed by atoms with Crippen LogP contribution in [0.3, 0.4) is 0 Å². The lowest BCUT2D eigenvalue weighted by atomic mass is 10.2. The molecule has 1 heterocycles. The molecular formula is C14H17N3O2S. The number of nitrogens with zero attached hydrogens (tertiary/aromatic N) is 2. The van der Waals surface area contributed by atoms with E-state index in [1.807, 2.05) is 11.0 Å². The van der Waals surface area contributed by atoms with Crippen LogP contribution in [0.4, 0.5) is 5.69 Å². The first-order chi connectivity index (χ1) is 9.56. The van der Waals surface area contributed by atoms with Crippen LogP contribution in [0.15, 0.2) is 45.7 Å². The molecule has 5 nitrogen and oxygen atoms in total. The maximum absolute atomic E-state index is 11.9. The van der Waals surface area contributed by atoms with E-state index in [1.54, 1.807) is 18.2 Å². The summed E-state index contributed by atoms with van der Waals surface area (Å²) in [5.74, 6) is 0. The Hall–Kier alpha value is -1.66. The van der Waals surface area contributed by atoms with Gasteiger partial charge in [0.2, 0.25) is 0 Å². The van der Waals surface area contributed by atoms with E-state index in [0.29, 0.717) is 18.3 Å². The van der Waals surface area contributed by atoms with E-state index < -0.39 is 10.0 Å². The zero-order valence-corrected chi connectivity index (χ0v) is 11.9. The van der Waals surface area contributed by atoms with Crippen molar-refractivity contribution in [1.82, 2.24) is 5.32 Å². The average Bonchev–Trinajstić information content (AvgIpc) is 3.24. The molecule has 1 saturated carbocycles. The van der Waals surface area contributed by atoms with Gasteiger partial charge in [-0.1, -0.05) is 18.7 Å². The van der Waals surface area contributed by atoms with Crippen LogP contribution in [0.2, 0.25) is 0 Å². The molecule has 0 unspecified atom stereocenters. The second-order valence-corrected chi connectivity index (χ2v) is 6.80. The van der Waals surface area contributed by atoms with Crippen molar-refractivity contribution in [3.05, 3.63) is 36.4 Å². The summed E-state index contributed by atoms with van der Waals surface area (Å²) < 4.78 is 27.4. The molecule has 1 aromatic rings. The maximum atomic E-state index is 11.9. The first-order valence-electron chi connectivity index (χ1n) is 6.62. The molecule has 1 N–H and O–H groups in total. The van der Waals surface area contributed by atoms with E-state index in [0.717, 1.165) is 12.1 Å². The predicted molar refractivity (Wildman–Crippen MR) is 79.6 cm³/mol. The number of para-hydroxylation sites is 1. The summed E-state index contributed by atoms with van der Waals surface area (Å²) in [4.78, 5) is 2.08. The van der Waals surface area contributed by atoms with Crippen molar-refractivity contribution in [1.29, 1.82) is 0 Å². The molecule has 0 amide bonds. The largest absolute Gasteiger partial charge is 0.326 e. The second kappa shape index (κ2) is 5.03. The van der Waals surface area contributed by atoms with Gasteiger partial charge in [0.15, 0.2) is 0 Å². The van der Waals surface area contributed by atoms with E-state index in [2.05, 4.69) is 16.3 Å². The van der Waals surface area contributed by atoms with Crippen LogP contribution in [0.25, 0.3) is 0 Å². The number of rotatable bonds is 5. The van der Waals surface area contributed by atoms with Crippen LogP contribution < -0.4 is 10.2 Å². The van der Waals surface area contributed by atoms with Crippen LogP contribution in [-0.2, 0) is 10.0 Å². The SMILES string of the molecule is C=C(CNC1CC1)CN1C=NS(=O)(=O)c2ccccc21. The predicted octanol–water partition coefficient (Wildman–Crippen LogP) is 1.53. The number of nitrogens with one attached hydrogen (secondary N) is 1. The number of benzene rings is 1. The van der Waals surface area contributed by atoms with Crippen molar-refractivity contribution in [2.75, 3.05) is 18.0 Å². The molecule has 106 valence electrons. The molecular weight excluding hydrogens is 274 g/mol. The molecule has 1 aromatic carbocycles. The number of hydrogen-bond donors (Lipinski definition) is 1. The molecule has 6 heteroatoms. The molecule has 1 aliphatic carbocycles. The standard InChI is InChI=1S/C14H17N3O2S/c1-11(8-15-12-6-7-12)9-17-10-16-20(18,19)14-5-3-2-4-13(14)17/h2-5,10,12,15H,1,6-9H2. The first-order valence-corrected chi connectivity index (χ1v) is 8.06. The Morgan fingerprint density at radius 2 is 2.15 bits per heavy atom. The van der Waals surface area contributed by atoms with Gasteiger partial charge in [-0.15, -0.1) is 4.40 Å². The lowest BCUT2D eigenvalue weighted by molar-refractivity contribution is 0.597. The van der Waals surface area contributed by atoms with Gasteiger partial charge in [0.1, 0.15) is 11.2 Å². The van der Waals surface area contributed by atoms with E-state index in [9.17, 15) is 8.42 Å². The van der Waals surface area contributed by atoms with Gasteiger partial charge >= 0.3 is 0 Å². The molecule has 0 saturated heterocycles. The zero-order valence-electron chi connectivity index (χ0n) is 11.1. The van der Waals surface area contributed by atoms with Crippen molar-refractivity contribution in [3.63, 3.8) is 0 Å². The summed E-state index contributed by atoms with van der Waals surface area (Å²) in [5, 5.41) is 3.40. The van der Waals surface area contributed by atoms with Crippen molar-refractivity contribution in [2.24, 2.45) is 4.40 Å². The number of anilines is 1. The molecule has 0 atom stereocenters. The van der Waals surface area contributed by atoms with Crippen molar-refractivity contribution >= 4 is 22.0 Å². The Labute approximate surface area is 119 Å². The highest BCUT2D eigenvalue weighted by molar-refractivity contribution is 7.90. The van der Waals surface area contributed by atoms with Gasteiger partial charge < -0.3 is 10.2 Å². The monoisotopic (exact) mass is 291 g/mol. The highest BCUT2D eigenvalue weighted by Crippen LogP contribution is 2.29. The minimum absolute atomic E-state index is 0.255. The third kappa shape index (κ3) is 2.76. The fraction of sp³-hybridized carbons (Fsp3) is 0.357. The summed E-state index contributed by atoms with van der Waals surface area (Å²) in [5.41, 5.74) is 1.67. The minimum atomic E-state index is -3.54. The van der Waals surface area contributed by atoms with Crippen LogP contribution in [0.5, 0.6) is 0 Å². The third-order valence-electron chi connectivity index (χ3n) is 3.39. The topological polar surface area (TPSA) is 61.8 Å². The van der Waals surface area contributed by atoms with Crippen LogP contribution in [0, 0.1) is 0 Å².